The highest BCUT2D eigenvalue weighted by Gasteiger charge is 2.21. The monoisotopic (exact) mass is 295 g/mol. The molecule has 1 amide bonds. The first-order valence-electron chi connectivity index (χ1n) is 7.11. The Morgan fingerprint density at radius 1 is 1.50 bits per heavy atom. The van der Waals surface area contributed by atoms with E-state index in [0.717, 1.165) is 19.0 Å². The lowest BCUT2D eigenvalue weighted by atomic mass is 9.92. The van der Waals surface area contributed by atoms with Crippen LogP contribution in [-0.4, -0.2) is 30.4 Å². The van der Waals surface area contributed by atoms with Gasteiger partial charge in [0.1, 0.15) is 0 Å². The first-order chi connectivity index (χ1) is 9.56. The van der Waals surface area contributed by atoms with Crippen molar-refractivity contribution in [1.29, 1.82) is 0 Å². The molecule has 0 bridgehead atoms. The normalized spacial score (nSPS) is 15.2. The summed E-state index contributed by atoms with van der Waals surface area (Å²) < 4.78 is 0. The molecule has 1 aromatic carbocycles. The maximum Gasteiger partial charge on any atom is 0.224 e. The van der Waals surface area contributed by atoms with E-state index in [0.29, 0.717) is 22.8 Å². The second-order valence-corrected chi connectivity index (χ2v) is 5.89. The first kappa shape index (κ1) is 15.1. The van der Waals surface area contributed by atoms with E-state index < -0.39 is 0 Å². The van der Waals surface area contributed by atoms with Crippen molar-refractivity contribution in [3.63, 3.8) is 0 Å². The second kappa shape index (κ2) is 6.95. The Kier molecular flexibility index (Phi) is 5.26. The molecule has 0 heterocycles. The molecule has 0 aliphatic heterocycles. The van der Waals surface area contributed by atoms with Crippen molar-refractivity contribution in [2.75, 3.05) is 24.6 Å². The average molecular weight is 296 g/mol. The number of hydrogen-bond acceptors (Lipinski definition) is 3. The van der Waals surface area contributed by atoms with Crippen LogP contribution in [0.25, 0.3) is 0 Å². The Labute approximate surface area is 125 Å². The van der Waals surface area contributed by atoms with Crippen LogP contribution in [0.3, 0.4) is 0 Å². The van der Waals surface area contributed by atoms with E-state index in [1.54, 1.807) is 18.2 Å². The van der Waals surface area contributed by atoms with Gasteiger partial charge in [0, 0.05) is 17.5 Å². The fourth-order valence-corrected chi connectivity index (χ4v) is 2.54. The summed E-state index contributed by atoms with van der Waals surface area (Å²) in [6.45, 7) is 0.966. The standard InChI is InChI=1S/C15H22ClN3O/c1-19(12-4-2-5-12)9-3-6-15(20)18-14-8-7-11(16)10-13(14)17/h7-8,10,12H,2-6,9,17H2,1H3,(H,18,20). The lowest BCUT2D eigenvalue weighted by molar-refractivity contribution is -0.116. The smallest absolute Gasteiger partial charge is 0.224 e. The van der Waals surface area contributed by atoms with Crippen molar-refractivity contribution in [1.82, 2.24) is 4.90 Å². The van der Waals surface area contributed by atoms with E-state index in [4.69, 9.17) is 17.3 Å². The molecule has 0 spiro atoms. The Hall–Kier alpha value is -1.26. The molecule has 0 aromatic heterocycles. The molecule has 1 saturated carbocycles. The average Bonchev–Trinajstić information content (AvgIpc) is 2.30. The molecule has 0 unspecified atom stereocenters. The zero-order valence-electron chi connectivity index (χ0n) is 11.9. The molecule has 0 radical (unpaired) electrons. The summed E-state index contributed by atoms with van der Waals surface area (Å²) in [7, 11) is 2.14. The molecular formula is C15H22ClN3O. The highest BCUT2D eigenvalue weighted by Crippen LogP contribution is 2.24. The van der Waals surface area contributed by atoms with Crippen LogP contribution in [0.1, 0.15) is 32.1 Å². The van der Waals surface area contributed by atoms with Gasteiger partial charge in [0.05, 0.1) is 11.4 Å². The molecule has 2 rings (SSSR count). The van der Waals surface area contributed by atoms with Gasteiger partial charge in [-0.1, -0.05) is 18.0 Å². The van der Waals surface area contributed by atoms with Crippen molar-refractivity contribution in [2.45, 2.75) is 38.1 Å². The maximum absolute atomic E-state index is 11.9. The number of halogens is 1. The molecule has 0 atom stereocenters. The largest absolute Gasteiger partial charge is 0.397 e. The van der Waals surface area contributed by atoms with E-state index in [2.05, 4.69) is 17.3 Å². The number of amides is 1. The van der Waals surface area contributed by atoms with E-state index in [1.165, 1.54) is 19.3 Å². The summed E-state index contributed by atoms with van der Waals surface area (Å²) in [5.74, 6) is 0.000955. The molecule has 1 aromatic rings. The van der Waals surface area contributed by atoms with Crippen LogP contribution >= 0.6 is 11.6 Å². The predicted molar refractivity (Wildman–Crippen MR) is 84.0 cm³/mol. The number of anilines is 2. The van der Waals surface area contributed by atoms with Crippen LogP contribution < -0.4 is 11.1 Å². The summed E-state index contributed by atoms with van der Waals surface area (Å²) in [5.41, 5.74) is 6.93. The van der Waals surface area contributed by atoms with Crippen molar-refractivity contribution in [3.05, 3.63) is 23.2 Å². The Morgan fingerprint density at radius 2 is 2.25 bits per heavy atom. The number of nitrogens with one attached hydrogen (secondary N) is 1. The fourth-order valence-electron chi connectivity index (χ4n) is 2.36. The van der Waals surface area contributed by atoms with E-state index >= 15 is 0 Å². The van der Waals surface area contributed by atoms with E-state index in [1.807, 2.05) is 0 Å². The zero-order chi connectivity index (χ0) is 14.5. The third-order valence-corrected chi connectivity index (χ3v) is 4.14. The number of carbonyl (C=O) groups excluding carboxylic acids is 1. The molecular weight excluding hydrogens is 274 g/mol. The van der Waals surface area contributed by atoms with Crippen molar-refractivity contribution >= 4 is 28.9 Å². The lowest BCUT2D eigenvalue weighted by Crippen LogP contribution is -2.37. The molecule has 1 aliphatic rings. The molecule has 4 nitrogen and oxygen atoms in total. The van der Waals surface area contributed by atoms with Crippen LogP contribution in [0.4, 0.5) is 11.4 Å². The van der Waals surface area contributed by atoms with E-state index in [-0.39, 0.29) is 5.91 Å². The molecule has 5 heteroatoms. The minimum Gasteiger partial charge on any atom is -0.397 e. The highest BCUT2D eigenvalue weighted by atomic mass is 35.5. The zero-order valence-corrected chi connectivity index (χ0v) is 12.6. The summed E-state index contributed by atoms with van der Waals surface area (Å²) >= 11 is 5.82. The summed E-state index contributed by atoms with van der Waals surface area (Å²) in [6.07, 6.45) is 5.31. The number of hydrogen-bond donors (Lipinski definition) is 2. The van der Waals surface area contributed by atoms with Gasteiger partial charge >= 0.3 is 0 Å². The molecule has 0 saturated heterocycles. The molecule has 20 heavy (non-hydrogen) atoms. The van der Waals surface area contributed by atoms with Gasteiger partial charge in [-0.05, 0) is 51.1 Å². The Bertz CT molecular complexity index is 474. The summed E-state index contributed by atoms with van der Waals surface area (Å²) in [4.78, 5) is 14.2. The van der Waals surface area contributed by atoms with Crippen molar-refractivity contribution in [2.24, 2.45) is 0 Å². The van der Waals surface area contributed by atoms with Gasteiger partial charge in [0.25, 0.3) is 0 Å². The molecule has 3 N–H and O–H groups in total. The molecule has 1 fully saturated rings. The lowest BCUT2D eigenvalue weighted by Gasteiger charge is -2.34. The highest BCUT2D eigenvalue weighted by molar-refractivity contribution is 6.31. The van der Waals surface area contributed by atoms with Gasteiger partial charge in [0.15, 0.2) is 0 Å². The van der Waals surface area contributed by atoms with Crippen LogP contribution in [-0.2, 0) is 4.79 Å². The van der Waals surface area contributed by atoms with E-state index in [9.17, 15) is 4.79 Å². The number of benzene rings is 1. The number of nitrogen functional groups attached to an aromatic ring is 1. The Balaban J connectivity index is 1.72. The molecule has 110 valence electrons. The van der Waals surface area contributed by atoms with Crippen LogP contribution in [0, 0.1) is 0 Å². The summed E-state index contributed by atoms with van der Waals surface area (Å²) in [5, 5.41) is 3.40. The number of nitrogens with zero attached hydrogens (tertiary/aromatic N) is 1. The van der Waals surface area contributed by atoms with Gasteiger partial charge in [0.2, 0.25) is 5.91 Å². The summed E-state index contributed by atoms with van der Waals surface area (Å²) in [6, 6.07) is 5.82. The van der Waals surface area contributed by atoms with Gasteiger partial charge in [-0.2, -0.15) is 0 Å². The van der Waals surface area contributed by atoms with Gasteiger partial charge < -0.3 is 16.0 Å². The van der Waals surface area contributed by atoms with Crippen LogP contribution in [0.2, 0.25) is 5.02 Å². The Morgan fingerprint density at radius 3 is 2.85 bits per heavy atom. The van der Waals surface area contributed by atoms with Crippen LogP contribution in [0.5, 0.6) is 0 Å². The van der Waals surface area contributed by atoms with Gasteiger partial charge in [-0.25, -0.2) is 0 Å². The molecule has 1 aliphatic carbocycles. The predicted octanol–water partition coefficient (Wildman–Crippen LogP) is 3.13. The van der Waals surface area contributed by atoms with Crippen molar-refractivity contribution < 1.29 is 4.79 Å². The SMILES string of the molecule is CN(CCCC(=O)Nc1ccc(Cl)cc1N)C1CCC1. The van der Waals surface area contributed by atoms with Gasteiger partial charge in [-0.15, -0.1) is 0 Å². The van der Waals surface area contributed by atoms with Gasteiger partial charge in [-0.3, -0.25) is 4.79 Å². The topological polar surface area (TPSA) is 58.4 Å². The fraction of sp³-hybridized carbons (Fsp3) is 0.533. The second-order valence-electron chi connectivity index (χ2n) is 5.45. The quantitative estimate of drug-likeness (QED) is 0.793. The number of carbonyl (C=O) groups is 1. The number of rotatable bonds is 6. The maximum atomic E-state index is 11.9. The third kappa shape index (κ3) is 4.12. The van der Waals surface area contributed by atoms with Crippen LogP contribution in [0.15, 0.2) is 18.2 Å². The van der Waals surface area contributed by atoms with Crippen molar-refractivity contribution in [3.8, 4) is 0 Å². The number of nitrogens with two attached hydrogens (primary N) is 1. The third-order valence-electron chi connectivity index (χ3n) is 3.90. The first-order valence-corrected chi connectivity index (χ1v) is 7.49. The minimum absolute atomic E-state index is 0.000955. The minimum atomic E-state index is 0.000955.